The molecule has 0 aliphatic heterocycles. The number of methoxy groups -OCH3 is 1. The molecule has 0 saturated carbocycles. The number of fused-ring (bicyclic) bond motifs is 1. The van der Waals surface area contributed by atoms with Gasteiger partial charge in [-0.05, 0) is 80.4 Å². The number of anilines is 1. The van der Waals surface area contributed by atoms with E-state index in [9.17, 15) is 9.90 Å². The molecule has 7 nitrogen and oxygen atoms in total. The minimum atomic E-state index is -0.174. The summed E-state index contributed by atoms with van der Waals surface area (Å²) in [5.74, 6) is 0.635. The number of aryl methyl sites for hydroxylation is 3. The number of aliphatic hydroxyl groups is 1. The largest absolute Gasteiger partial charge is 0.497 e. The third-order valence-electron chi connectivity index (χ3n) is 6.57. The Morgan fingerprint density at radius 3 is 2.37 bits per heavy atom. The lowest BCUT2D eigenvalue weighted by Gasteiger charge is -2.12. The molecule has 5 rings (SSSR count). The van der Waals surface area contributed by atoms with Crippen molar-refractivity contribution in [2.24, 2.45) is 0 Å². The first kappa shape index (κ1) is 25.2. The van der Waals surface area contributed by atoms with Gasteiger partial charge in [-0.25, -0.2) is 9.67 Å². The van der Waals surface area contributed by atoms with Gasteiger partial charge in [0.15, 0.2) is 5.65 Å². The van der Waals surface area contributed by atoms with Crippen LogP contribution in [-0.4, -0.2) is 32.9 Å². The van der Waals surface area contributed by atoms with Crippen LogP contribution >= 0.6 is 0 Å². The summed E-state index contributed by atoms with van der Waals surface area (Å²) in [5, 5.41) is 18.4. The molecule has 0 aliphatic rings. The van der Waals surface area contributed by atoms with E-state index in [1.54, 1.807) is 7.11 Å². The van der Waals surface area contributed by atoms with Crippen molar-refractivity contribution in [1.82, 2.24) is 14.8 Å². The van der Waals surface area contributed by atoms with Crippen LogP contribution in [0.25, 0.3) is 22.3 Å². The summed E-state index contributed by atoms with van der Waals surface area (Å²) in [7, 11) is 1.64. The molecule has 5 aromatic rings. The summed E-state index contributed by atoms with van der Waals surface area (Å²) in [6.45, 7) is 6.31. The molecule has 0 atom stereocenters. The molecule has 0 bridgehead atoms. The summed E-state index contributed by atoms with van der Waals surface area (Å²) in [6, 6.07) is 23.3. The fraction of sp³-hybridized carbons (Fsp3) is 0.194. The lowest BCUT2D eigenvalue weighted by atomic mass is 10.0. The van der Waals surface area contributed by atoms with Crippen molar-refractivity contribution in [2.45, 2.75) is 33.9 Å². The second-order valence-corrected chi connectivity index (χ2v) is 9.54. The quantitative estimate of drug-likeness (QED) is 0.290. The van der Waals surface area contributed by atoms with Crippen molar-refractivity contribution in [1.29, 1.82) is 0 Å². The van der Waals surface area contributed by atoms with Crippen LogP contribution in [0.2, 0.25) is 0 Å². The van der Waals surface area contributed by atoms with Gasteiger partial charge in [0.25, 0.3) is 5.91 Å². The van der Waals surface area contributed by atoms with E-state index < -0.39 is 0 Å². The average molecular weight is 507 g/mol. The lowest BCUT2D eigenvalue weighted by molar-refractivity contribution is 0.102. The summed E-state index contributed by atoms with van der Waals surface area (Å²) in [4.78, 5) is 17.9. The van der Waals surface area contributed by atoms with Crippen LogP contribution in [0.1, 0.15) is 38.3 Å². The van der Waals surface area contributed by atoms with Crippen molar-refractivity contribution in [2.75, 3.05) is 12.4 Å². The van der Waals surface area contributed by atoms with Gasteiger partial charge in [-0.2, -0.15) is 5.10 Å². The molecule has 0 saturated heterocycles. The Morgan fingerprint density at radius 2 is 1.68 bits per heavy atom. The summed E-state index contributed by atoms with van der Waals surface area (Å²) in [5.41, 5.74) is 8.43. The number of hydrogen-bond donors (Lipinski definition) is 2. The second kappa shape index (κ2) is 10.5. The number of pyridine rings is 1. The number of benzene rings is 3. The first-order valence-electron chi connectivity index (χ1n) is 12.5. The van der Waals surface area contributed by atoms with E-state index in [1.165, 1.54) is 0 Å². The minimum Gasteiger partial charge on any atom is -0.497 e. The topological polar surface area (TPSA) is 89.3 Å². The van der Waals surface area contributed by atoms with Crippen molar-refractivity contribution in [3.63, 3.8) is 0 Å². The summed E-state index contributed by atoms with van der Waals surface area (Å²) >= 11 is 0. The van der Waals surface area contributed by atoms with E-state index >= 15 is 0 Å². The monoisotopic (exact) mass is 506 g/mol. The normalized spacial score (nSPS) is 11.1. The van der Waals surface area contributed by atoms with Crippen LogP contribution in [0.5, 0.6) is 5.75 Å². The molecule has 0 radical (unpaired) electrons. The van der Waals surface area contributed by atoms with Gasteiger partial charge in [-0.1, -0.05) is 35.4 Å². The highest BCUT2D eigenvalue weighted by Crippen LogP contribution is 2.29. The maximum Gasteiger partial charge on any atom is 0.255 e. The predicted molar refractivity (Wildman–Crippen MR) is 150 cm³/mol. The Bertz CT molecular complexity index is 1620. The van der Waals surface area contributed by atoms with Gasteiger partial charge in [0.2, 0.25) is 0 Å². The number of ether oxygens (including phenoxy) is 1. The Morgan fingerprint density at radius 1 is 0.947 bits per heavy atom. The molecule has 2 N–H and O–H groups in total. The molecule has 192 valence electrons. The van der Waals surface area contributed by atoms with Gasteiger partial charge in [-0.3, -0.25) is 4.79 Å². The Kier molecular flexibility index (Phi) is 6.94. The molecule has 0 unspecified atom stereocenters. The van der Waals surface area contributed by atoms with Gasteiger partial charge in [0, 0.05) is 22.2 Å². The molecule has 2 aromatic heterocycles. The number of carbonyl (C=O) groups is 1. The van der Waals surface area contributed by atoms with Gasteiger partial charge in [-0.15, -0.1) is 0 Å². The maximum absolute atomic E-state index is 13.0. The maximum atomic E-state index is 13.0. The first-order valence-corrected chi connectivity index (χ1v) is 12.5. The predicted octanol–water partition coefficient (Wildman–Crippen LogP) is 5.83. The molecular formula is C31H30N4O3. The zero-order valence-electron chi connectivity index (χ0n) is 21.9. The number of nitrogens with one attached hydrogen (secondary N) is 1. The van der Waals surface area contributed by atoms with Crippen molar-refractivity contribution >= 4 is 22.6 Å². The zero-order chi connectivity index (χ0) is 26.8. The smallest absolute Gasteiger partial charge is 0.255 e. The molecule has 3 aromatic carbocycles. The Balaban J connectivity index is 1.49. The average Bonchev–Trinajstić information content (AvgIpc) is 3.26. The highest BCUT2D eigenvalue weighted by atomic mass is 16.5. The summed E-state index contributed by atoms with van der Waals surface area (Å²) in [6.07, 6.45) is 0. The van der Waals surface area contributed by atoms with Crippen LogP contribution in [0.4, 0.5) is 5.69 Å². The van der Waals surface area contributed by atoms with Crippen molar-refractivity contribution < 1.29 is 14.6 Å². The number of amides is 1. The molecule has 0 aliphatic carbocycles. The number of aromatic nitrogens is 3. The number of rotatable bonds is 7. The van der Waals surface area contributed by atoms with E-state index in [0.717, 1.165) is 44.6 Å². The van der Waals surface area contributed by atoms with E-state index in [0.29, 0.717) is 29.1 Å². The lowest BCUT2D eigenvalue weighted by Crippen LogP contribution is -2.12. The Labute approximate surface area is 221 Å². The third kappa shape index (κ3) is 5.14. The fourth-order valence-corrected chi connectivity index (χ4v) is 4.68. The SMILES string of the molecule is COc1ccc(Cn2nc(CO)c3ccc(-c4cc(NC(=O)c5cc(C)cc(C)c5)ccc4C)nc32)cc1. The molecule has 0 spiro atoms. The number of carbonyl (C=O) groups excluding carboxylic acids is 1. The highest BCUT2D eigenvalue weighted by molar-refractivity contribution is 6.04. The highest BCUT2D eigenvalue weighted by Gasteiger charge is 2.15. The molecule has 1 amide bonds. The molecule has 2 heterocycles. The van der Waals surface area contributed by atoms with Gasteiger partial charge in [0.05, 0.1) is 31.6 Å². The van der Waals surface area contributed by atoms with Gasteiger partial charge < -0.3 is 15.2 Å². The van der Waals surface area contributed by atoms with Crippen molar-refractivity contribution in [3.05, 3.63) is 106 Å². The van der Waals surface area contributed by atoms with E-state index in [2.05, 4.69) is 10.4 Å². The van der Waals surface area contributed by atoms with Crippen molar-refractivity contribution in [3.8, 4) is 17.0 Å². The summed E-state index contributed by atoms with van der Waals surface area (Å²) < 4.78 is 7.07. The number of aliphatic hydroxyl groups excluding tert-OH is 1. The first-order chi connectivity index (χ1) is 18.3. The van der Waals surface area contributed by atoms with E-state index in [4.69, 9.17) is 9.72 Å². The molecule has 38 heavy (non-hydrogen) atoms. The number of hydrogen-bond acceptors (Lipinski definition) is 5. The third-order valence-corrected chi connectivity index (χ3v) is 6.57. The standard InChI is InChI=1S/C31H30N4O3/c1-19-13-20(2)15-23(14-19)31(37)32-24-8-5-21(3)27(16-24)28-12-11-26-29(18-36)34-35(30(26)33-28)17-22-6-9-25(38-4)10-7-22/h5-16,36H,17-18H2,1-4H3,(H,32,37). The van der Waals surface area contributed by atoms with Crippen LogP contribution in [0.15, 0.2) is 72.8 Å². The van der Waals surface area contributed by atoms with Crippen LogP contribution in [0, 0.1) is 20.8 Å². The van der Waals surface area contributed by atoms with E-state index in [1.807, 2.05) is 98.2 Å². The molecule has 7 heteroatoms. The molecule has 0 fully saturated rings. The Hall–Kier alpha value is -4.49. The molecular weight excluding hydrogens is 476 g/mol. The minimum absolute atomic E-state index is 0.153. The second-order valence-electron chi connectivity index (χ2n) is 9.54. The van der Waals surface area contributed by atoms with Gasteiger partial charge >= 0.3 is 0 Å². The zero-order valence-corrected chi connectivity index (χ0v) is 21.9. The van der Waals surface area contributed by atoms with E-state index in [-0.39, 0.29) is 12.5 Å². The van der Waals surface area contributed by atoms with Crippen LogP contribution in [-0.2, 0) is 13.2 Å². The van der Waals surface area contributed by atoms with Gasteiger partial charge in [0.1, 0.15) is 5.75 Å². The van der Waals surface area contributed by atoms with Crippen LogP contribution in [0.3, 0.4) is 0 Å². The number of nitrogens with zero attached hydrogens (tertiary/aromatic N) is 3. The van der Waals surface area contributed by atoms with Crippen LogP contribution < -0.4 is 10.1 Å². The fourth-order valence-electron chi connectivity index (χ4n) is 4.68.